The fourth-order valence-electron chi connectivity index (χ4n) is 3.80. The van der Waals surface area contributed by atoms with Crippen LogP contribution in [0.1, 0.15) is 19.3 Å². The normalized spacial score (nSPS) is 19.1. The van der Waals surface area contributed by atoms with Gasteiger partial charge in [-0.1, -0.05) is 6.07 Å². The van der Waals surface area contributed by atoms with E-state index in [1.54, 1.807) is 33.7 Å². The van der Waals surface area contributed by atoms with E-state index in [0.717, 1.165) is 29.2 Å². The Hall–Kier alpha value is -2.80. The number of rotatable bonds is 5. The monoisotopic (exact) mass is 409 g/mol. The lowest BCUT2D eigenvalue weighted by atomic mass is 10.1. The lowest BCUT2D eigenvalue weighted by Crippen LogP contribution is -2.28. The van der Waals surface area contributed by atoms with Crippen molar-refractivity contribution in [3.8, 4) is 0 Å². The average molecular weight is 410 g/mol. The van der Waals surface area contributed by atoms with Gasteiger partial charge in [0.1, 0.15) is 0 Å². The first kappa shape index (κ1) is 19.5. The summed E-state index contributed by atoms with van der Waals surface area (Å²) in [5.74, 6) is -0.449. The molecule has 6 nitrogen and oxygen atoms in total. The van der Waals surface area contributed by atoms with Gasteiger partial charge in [0.2, 0.25) is 17.7 Å². The van der Waals surface area contributed by atoms with Gasteiger partial charge in [0.15, 0.2) is 0 Å². The van der Waals surface area contributed by atoms with Crippen LogP contribution in [0.3, 0.4) is 0 Å². The van der Waals surface area contributed by atoms with E-state index >= 15 is 0 Å². The second-order valence-corrected chi connectivity index (χ2v) is 8.17. The van der Waals surface area contributed by atoms with Crippen molar-refractivity contribution in [3.05, 3.63) is 48.5 Å². The number of thioether (sulfide) groups is 1. The van der Waals surface area contributed by atoms with Crippen LogP contribution in [-0.2, 0) is 14.4 Å². The molecule has 4 rings (SSSR count). The Morgan fingerprint density at radius 1 is 1.03 bits per heavy atom. The van der Waals surface area contributed by atoms with E-state index in [4.69, 9.17) is 0 Å². The van der Waals surface area contributed by atoms with Crippen LogP contribution in [0.2, 0.25) is 0 Å². The fourth-order valence-corrected chi connectivity index (χ4v) is 4.25. The number of nitrogens with one attached hydrogen (secondary N) is 1. The first-order valence-electron chi connectivity index (χ1n) is 9.71. The summed E-state index contributed by atoms with van der Waals surface area (Å²) in [5.41, 5.74) is 2.35. The molecule has 0 bridgehead atoms. The molecule has 2 aromatic carbocycles. The van der Waals surface area contributed by atoms with Gasteiger partial charge in [-0.25, -0.2) is 0 Å². The van der Waals surface area contributed by atoms with Crippen molar-refractivity contribution in [2.24, 2.45) is 5.92 Å². The minimum absolute atomic E-state index is 0.0358. The molecule has 1 atom stereocenters. The lowest BCUT2D eigenvalue weighted by molar-refractivity contribution is -0.122. The first-order valence-corrected chi connectivity index (χ1v) is 10.9. The quantitative estimate of drug-likeness (QED) is 0.767. The molecule has 0 radical (unpaired) electrons. The topological polar surface area (TPSA) is 69.7 Å². The largest absolute Gasteiger partial charge is 0.326 e. The van der Waals surface area contributed by atoms with Crippen LogP contribution >= 0.6 is 11.8 Å². The molecule has 29 heavy (non-hydrogen) atoms. The van der Waals surface area contributed by atoms with Gasteiger partial charge in [-0.2, -0.15) is 0 Å². The SMILES string of the molecule is CSc1cccc(N2C[C@@H](C(=O)Nc3ccc(N4CCCC4=O)cc3)CC2=O)c1. The number of benzene rings is 2. The summed E-state index contributed by atoms with van der Waals surface area (Å²) < 4.78 is 0. The van der Waals surface area contributed by atoms with Crippen molar-refractivity contribution in [1.29, 1.82) is 0 Å². The summed E-state index contributed by atoms with van der Waals surface area (Å²) >= 11 is 1.62. The molecule has 0 aromatic heterocycles. The van der Waals surface area contributed by atoms with Crippen molar-refractivity contribution >= 4 is 46.5 Å². The van der Waals surface area contributed by atoms with E-state index < -0.39 is 0 Å². The van der Waals surface area contributed by atoms with Crippen molar-refractivity contribution in [3.63, 3.8) is 0 Å². The molecule has 0 spiro atoms. The van der Waals surface area contributed by atoms with E-state index in [9.17, 15) is 14.4 Å². The molecule has 0 aliphatic carbocycles. The summed E-state index contributed by atoms with van der Waals surface area (Å²) in [6.07, 6.45) is 3.66. The molecule has 2 heterocycles. The molecule has 0 unspecified atom stereocenters. The molecule has 2 aliphatic heterocycles. The summed E-state index contributed by atoms with van der Waals surface area (Å²) in [6, 6.07) is 15.1. The summed E-state index contributed by atoms with van der Waals surface area (Å²) in [4.78, 5) is 41.5. The molecule has 2 saturated heterocycles. The molecular formula is C22H23N3O3S. The Balaban J connectivity index is 1.40. The minimum atomic E-state index is -0.389. The Bertz CT molecular complexity index is 945. The van der Waals surface area contributed by atoms with Crippen LogP contribution in [0.15, 0.2) is 53.4 Å². The Morgan fingerprint density at radius 2 is 1.83 bits per heavy atom. The van der Waals surface area contributed by atoms with E-state index in [2.05, 4.69) is 5.32 Å². The maximum atomic E-state index is 12.7. The zero-order valence-corrected chi connectivity index (χ0v) is 17.1. The lowest BCUT2D eigenvalue weighted by Gasteiger charge is -2.18. The van der Waals surface area contributed by atoms with Gasteiger partial charge in [-0.05, 0) is 55.1 Å². The average Bonchev–Trinajstić information content (AvgIpc) is 3.34. The summed E-state index contributed by atoms with van der Waals surface area (Å²) in [6.45, 7) is 1.12. The van der Waals surface area contributed by atoms with Crippen molar-refractivity contribution < 1.29 is 14.4 Å². The van der Waals surface area contributed by atoms with Gasteiger partial charge in [0.25, 0.3) is 0 Å². The van der Waals surface area contributed by atoms with Crippen LogP contribution < -0.4 is 15.1 Å². The van der Waals surface area contributed by atoms with Gasteiger partial charge in [0.05, 0.1) is 5.92 Å². The van der Waals surface area contributed by atoms with Crippen LogP contribution in [0, 0.1) is 5.92 Å². The molecule has 2 aromatic rings. The Kier molecular flexibility index (Phi) is 5.58. The molecule has 0 saturated carbocycles. The van der Waals surface area contributed by atoms with E-state index in [0.29, 0.717) is 18.7 Å². The van der Waals surface area contributed by atoms with Gasteiger partial charge in [-0.3, -0.25) is 14.4 Å². The van der Waals surface area contributed by atoms with E-state index in [1.807, 2.05) is 42.7 Å². The molecule has 2 aliphatic rings. The Labute approximate surface area is 174 Å². The molecule has 7 heteroatoms. The van der Waals surface area contributed by atoms with Crippen LogP contribution in [0.25, 0.3) is 0 Å². The standard InChI is InChI=1S/C22H23N3O3S/c1-29-19-5-2-4-18(13-19)25-14-15(12-21(25)27)22(28)23-16-7-9-17(10-8-16)24-11-3-6-20(24)26/h2,4-5,7-10,13,15H,3,6,11-12,14H2,1H3,(H,23,28)/t15-/m0/s1. The smallest absolute Gasteiger partial charge is 0.229 e. The summed E-state index contributed by atoms with van der Waals surface area (Å²) in [5, 5.41) is 2.90. The summed E-state index contributed by atoms with van der Waals surface area (Å²) in [7, 11) is 0. The van der Waals surface area contributed by atoms with Gasteiger partial charge >= 0.3 is 0 Å². The third-order valence-electron chi connectivity index (χ3n) is 5.38. The highest BCUT2D eigenvalue weighted by atomic mass is 32.2. The van der Waals surface area contributed by atoms with Crippen molar-refractivity contribution in [2.45, 2.75) is 24.2 Å². The third-order valence-corrected chi connectivity index (χ3v) is 6.11. The highest BCUT2D eigenvalue weighted by Gasteiger charge is 2.35. The number of anilines is 3. The first-order chi connectivity index (χ1) is 14.0. The van der Waals surface area contributed by atoms with Crippen LogP contribution in [0.5, 0.6) is 0 Å². The van der Waals surface area contributed by atoms with Crippen LogP contribution in [-0.4, -0.2) is 37.1 Å². The molecule has 3 amide bonds. The predicted octanol–water partition coefficient (Wildman–Crippen LogP) is 3.53. The minimum Gasteiger partial charge on any atom is -0.326 e. The number of amides is 3. The number of hydrogen-bond acceptors (Lipinski definition) is 4. The third kappa shape index (κ3) is 4.15. The van der Waals surface area contributed by atoms with E-state index in [1.165, 1.54) is 0 Å². The van der Waals surface area contributed by atoms with Crippen molar-refractivity contribution in [2.75, 3.05) is 34.5 Å². The van der Waals surface area contributed by atoms with Crippen LogP contribution in [0.4, 0.5) is 17.1 Å². The predicted molar refractivity (Wildman–Crippen MR) is 115 cm³/mol. The van der Waals surface area contributed by atoms with E-state index in [-0.39, 0.29) is 30.1 Å². The number of nitrogens with zero attached hydrogens (tertiary/aromatic N) is 2. The molecule has 150 valence electrons. The molecular weight excluding hydrogens is 386 g/mol. The maximum Gasteiger partial charge on any atom is 0.229 e. The number of carbonyl (C=O) groups excluding carboxylic acids is 3. The second kappa shape index (κ2) is 8.29. The maximum absolute atomic E-state index is 12.7. The van der Waals surface area contributed by atoms with Gasteiger partial charge < -0.3 is 15.1 Å². The number of carbonyl (C=O) groups is 3. The fraction of sp³-hybridized carbons (Fsp3) is 0.318. The highest BCUT2D eigenvalue weighted by Crippen LogP contribution is 2.29. The van der Waals surface area contributed by atoms with Crippen molar-refractivity contribution in [1.82, 2.24) is 0 Å². The van der Waals surface area contributed by atoms with Gasteiger partial charge in [0, 0.05) is 47.9 Å². The second-order valence-electron chi connectivity index (χ2n) is 7.29. The van der Waals surface area contributed by atoms with Gasteiger partial charge in [-0.15, -0.1) is 11.8 Å². The molecule has 1 N–H and O–H groups in total. The highest BCUT2D eigenvalue weighted by molar-refractivity contribution is 7.98. The Morgan fingerprint density at radius 3 is 2.52 bits per heavy atom. The zero-order valence-electron chi connectivity index (χ0n) is 16.3. The zero-order chi connectivity index (χ0) is 20.4. The molecule has 2 fully saturated rings. The number of hydrogen-bond donors (Lipinski definition) is 1.